The molecule has 4 nitrogen and oxygen atoms in total. The lowest BCUT2D eigenvalue weighted by molar-refractivity contribution is 0.0949. The molecule has 1 fully saturated rings. The molecule has 1 aliphatic heterocycles. The first kappa shape index (κ1) is 14.6. The summed E-state index contributed by atoms with van der Waals surface area (Å²) in [6.45, 7) is 1.84. The lowest BCUT2D eigenvalue weighted by Gasteiger charge is -2.11. The SMILES string of the molecule is O=C(NCCc1ccccc1)c1ccccc1OCC1CO1. The maximum atomic E-state index is 12.3. The monoisotopic (exact) mass is 297 g/mol. The van der Waals surface area contributed by atoms with Gasteiger partial charge in [-0.3, -0.25) is 4.79 Å². The smallest absolute Gasteiger partial charge is 0.255 e. The number of carbonyl (C=O) groups excluding carboxylic acids is 1. The molecule has 1 aliphatic rings. The molecule has 1 saturated heterocycles. The highest BCUT2D eigenvalue weighted by Crippen LogP contribution is 2.20. The maximum absolute atomic E-state index is 12.3. The molecule has 114 valence electrons. The lowest BCUT2D eigenvalue weighted by atomic mass is 10.1. The second-order valence-electron chi connectivity index (χ2n) is 5.25. The minimum absolute atomic E-state index is 0.108. The molecule has 22 heavy (non-hydrogen) atoms. The first-order valence-corrected chi connectivity index (χ1v) is 7.48. The van der Waals surface area contributed by atoms with Crippen molar-refractivity contribution in [1.82, 2.24) is 5.32 Å². The number of hydrogen-bond donors (Lipinski definition) is 1. The number of amides is 1. The van der Waals surface area contributed by atoms with Gasteiger partial charge in [-0.2, -0.15) is 0 Å². The minimum Gasteiger partial charge on any atom is -0.490 e. The predicted octanol–water partition coefficient (Wildman–Crippen LogP) is 2.44. The molecule has 2 aromatic rings. The van der Waals surface area contributed by atoms with E-state index in [1.807, 2.05) is 36.4 Å². The summed E-state index contributed by atoms with van der Waals surface area (Å²) in [5.41, 5.74) is 1.77. The fourth-order valence-electron chi connectivity index (χ4n) is 2.19. The van der Waals surface area contributed by atoms with Crippen molar-refractivity contribution in [2.75, 3.05) is 19.8 Å². The Kier molecular flexibility index (Phi) is 4.71. The Morgan fingerprint density at radius 3 is 2.64 bits per heavy atom. The molecule has 0 spiro atoms. The maximum Gasteiger partial charge on any atom is 0.255 e. The van der Waals surface area contributed by atoms with E-state index in [0.717, 1.165) is 13.0 Å². The number of nitrogens with one attached hydrogen (secondary N) is 1. The molecule has 1 atom stereocenters. The lowest BCUT2D eigenvalue weighted by Crippen LogP contribution is -2.26. The van der Waals surface area contributed by atoms with Crippen LogP contribution in [0.3, 0.4) is 0 Å². The van der Waals surface area contributed by atoms with Crippen molar-refractivity contribution in [1.29, 1.82) is 0 Å². The van der Waals surface area contributed by atoms with E-state index in [9.17, 15) is 4.79 Å². The van der Waals surface area contributed by atoms with Gasteiger partial charge in [0.25, 0.3) is 5.91 Å². The van der Waals surface area contributed by atoms with Gasteiger partial charge in [-0.15, -0.1) is 0 Å². The van der Waals surface area contributed by atoms with Crippen molar-refractivity contribution in [3.63, 3.8) is 0 Å². The van der Waals surface area contributed by atoms with Crippen molar-refractivity contribution >= 4 is 5.91 Å². The molecule has 0 aliphatic carbocycles. The van der Waals surface area contributed by atoms with Crippen LogP contribution in [0.4, 0.5) is 0 Å². The summed E-state index contributed by atoms with van der Waals surface area (Å²) in [6, 6.07) is 17.4. The van der Waals surface area contributed by atoms with E-state index < -0.39 is 0 Å². The van der Waals surface area contributed by atoms with Gasteiger partial charge < -0.3 is 14.8 Å². The standard InChI is InChI=1S/C18H19NO3/c20-18(19-11-10-14-6-2-1-3-7-14)16-8-4-5-9-17(16)22-13-15-12-21-15/h1-9,15H,10-13H2,(H,19,20). The zero-order valence-corrected chi connectivity index (χ0v) is 12.3. The van der Waals surface area contributed by atoms with Crippen LogP contribution >= 0.6 is 0 Å². The molecule has 1 unspecified atom stereocenters. The third-order valence-corrected chi connectivity index (χ3v) is 3.50. The fraction of sp³-hybridized carbons (Fsp3) is 0.278. The number of carbonyl (C=O) groups is 1. The van der Waals surface area contributed by atoms with Crippen LogP contribution in [0.1, 0.15) is 15.9 Å². The number of para-hydroxylation sites is 1. The number of ether oxygens (including phenoxy) is 2. The predicted molar refractivity (Wildman–Crippen MR) is 84.2 cm³/mol. The second-order valence-corrected chi connectivity index (χ2v) is 5.25. The zero-order chi connectivity index (χ0) is 15.2. The van der Waals surface area contributed by atoms with Crippen molar-refractivity contribution in [2.45, 2.75) is 12.5 Å². The van der Waals surface area contributed by atoms with Gasteiger partial charge in [0.15, 0.2) is 0 Å². The average Bonchev–Trinajstić information content (AvgIpc) is 3.38. The third kappa shape index (κ3) is 4.09. The number of hydrogen-bond acceptors (Lipinski definition) is 3. The van der Waals surface area contributed by atoms with Crippen LogP contribution in [0.2, 0.25) is 0 Å². The average molecular weight is 297 g/mol. The van der Waals surface area contributed by atoms with Crippen molar-refractivity contribution in [3.05, 3.63) is 65.7 Å². The molecule has 1 N–H and O–H groups in total. The van der Waals surface area contributed by atoms with E-state index in [0.29, 0.717) is 24.5 Å². The number of rotatable bonds is 7. The normalized spacial score (nSPS) is 16.1. The van der Waals surface area contributed by atoms with E-state index in [4.69, 9.17) is 9.47 Å². The van der Waals surface area contributed by atoms with Crippen LogP contribution < -0.4 is 10.1 Å². The molecule has 1 amide bonds. The molecule has 3 rings (SSSR count). The van der Waals surface area contributed by atoms with E-state index in [2.05, 4.69) is 17.4 Å². The van der Waals surface area contributed by atoms with Crippen LogP contribution in [0, 0.1) is 0 Å². The van der Waals surface area contributed by atoms with Crippen molar-refractivity contribution in [2.24, 2.45) is 0 Å². The van der Waals surface area contributed by atoms with E-state index in [1.165, 1.54) is 5.56 Å². The van der Waals surface area contributed by atoms with E-state index >= 15 is 0 Å². The summed E-state index contributed by atoms with van der Waals surface area (Å²) in [5.74, 6) is 0.499. The van der Waals surface area contributed by atoms with Crippen molar-refractivity contribution in [3.8, 4) is 5.75 Å². The molecular weight excluding hydrogens is 278 g/mol. The Bertz CT molecular complexity index is 623. The Balaban J connectivity index is 1.54. The van der Waals surface area contributed by atoms with Gasteiger partial charge in [0.2, 0.25) is 0 Å². The fourth-order valence-corrected chi connectivity index (χ4v) is 2.19. The van der Waals surface area contributed by atoms with Crippen LogP contribution in [0.15, 0.2) is 54.6 Å². The van der Waals surface area contributed by atoms with Gasteiger partial charge in [0.1, 0.15) is 18.5 Å². The summed E-state index contributed by atoms with van der Waals surface area (Å²) in [7, 11) is 0. The van der Waals surface area contributed by atoms with Crippen LogP contribution in [0.5, 0.6) is 5.75 Å². The van der Waals surface area contributed by atoms with Gasteiger partial charge >= 0.3 is 0 Å². The molecule has 2 aromatic carbocycles. The highest BCUT2D eigenvalue weighted by atomic mass is 16.6. The molecular formula is C18H19NO3. The molecule has 1 heterocycles. The summed E-state index contributed by atoms with van der Waals surface area (Å²) in [4.78, 5) is 12.3. The third-order valence-electron chi connectivity index (χ3n) is 3.50. The van der Waals surface area contributed by atoms with Crippen molar-refractivity contribution < 1.29 is 14.3 Å². The topological polar surface area (TPSA) is 50.9 Å². The zero-order valence-electron chi connectivity index (χ0n) is 12.3. The quantitative estimate of drug-likeness (QED) is 0.799. The minimum atomic E-state index is -0.108. The molecule has 0 radical (unpaired) electrons. The van der Waals surface area contributed by atoms with Crippen LogP contribution in [0.25, 0.3) is 0 Å². The summed E-state index contributed by atoms with van der Waals surface area (Å²) in [6.07, 6.45) is 0.986. The van der Waals surface area contributed by atoms with E-state index in [-0.39, 0.29) is 12.0 Å². The molecule has 0 saturated carbocycles. The van der Waals surface area contributed by atoms with Gasteiger partial charge in [-0.25, -0.2) is 0 Å². The largest absolute Gasteiger partial charge is 0.490 e. The Hall–Kier alpha value is -2.33. The van der Waals surface area contributed by atoms with Gasteiger partial charge in [-0.05, 0) is 24.1 Å². The second kappa shape index (κ2) is 7.09. The van der Waals surface area contributed by atoms with Gasteiger partial charge in [0, 0.05) is 6.54 Å². The summed E-state index contributed by atoms with van der Waals surface area (Å²) < 4.78 is 10.8. The highest BCUT2D eigenvalue weighted by molar-refractivity contribution is 5.96. The summed E-state index contributed by atoms with van der Waals surface area (Å²) in [5, 5.41) is 2.94. The van der Waals surface area contributed by atoms with Gasteiger partial charge in [-0.1, -0.05) is 42.5 Å². The Labute approximate surface area is 130 Å². The molecule has 0 aromatic heterocycles. The summed E-state index contributed by atoms with van der Waals surface area (Å²) >= 11 is 0. The molecule has 0 bridgehead atoms. The molecule has 4 heteroatoms. The number of epoxide rings is 1. The Morgan fingerprint density at radius 1 is 1.14 bits per heavy atom. The Morgan fingerprint density at radius 2 is 1.86 bits per heavy atom. The first-order chi connectivity index (χ1) is 10.8. The van der Waals surface area contributed by atoms with Gasteiger partial charge in [0.05, 0.1) is 12.2 Å². The van der Waals surface area contributed by atoms with Crippen LogP contribution in [-0.2, 0) is 11.2 Å². The van der Waals surface area contributed by atoms with E-state index in [1.54, 1.807) is 6.07 Å². The first-order valence-electron chi connectivity index (χ1n) is 7.48. The van der Waals surface area contributed by atoms with Crippen LogP contribution in [-0.4, -0.2) is 31.8 Å². The highest BCUT2D eigenvalue weighted by Gasteiger charge is 2.24. The number of benzene rings is 2.